The number of carboxylic acids is 1. The molecule has 0 aromatic heterocycles. The molecule has 1 amide bonds. The Hall–Kier alpha value is -1.98. The second-order valence-corrected chi connectivity index (χ2v) is 6.02. The Morgan fingerprint density at radius 3 is 2.64 bits per heavy atom. The number of rotatable bonds is 2. The number of carbonyl (C=O) groups excluding carboxylic acids is 1. The summed E-state index contributed by atoms with van der Waals surface area (Å²) >= 11 is 0. The van der Waals surface area contributed by atoms with Crippen LogP contribution in [0.1, 0.15) is 42.5 Å². The van der Waals surface area contributed by atoms with Gasteiger partial charge in [-0.15, -0.1) is 0 Å². The summed E-state index contributed by atoms with van der Waals surface area (Å²) in [7, 11) is 0. The SMILES string of the molecule is O=C(O)[C@@H]1C[C@H]2CCCC[C@H]2N1C(=O)c1cccc(F)c1F. The topological polar surface area (TPSA) is 57.6 Å². The highest BCUT2D eigenvalue weighted by molar-refractivity contribution is 5.97. The van der Waals surface area contributed by atoms with Gasteiger partial charge in [-0.2, -0.15) is 0 Å². The van der Waals surface area contributed by atoms with Gasteiger partial charge in [-0.1, -0.05) is 18.9 Å². The van der Waals surface area contributed by atoms with Crippen molar-refractivity contribution in [1.82, 2.24) is 4.90 Å². The molecule has 2 fully saturated rings. The molecule has 1 aliphatic heterocycles. The third kappa shape index (κ3) is 2.36. The van der Waals surface area contributed by atoms with E-state index >= 15 is 0 Å². The zero-order valence-electron chi connectivity index (χ0n) is 12.0. The third-order valence-electron chi connectivity index (χ3n) is 4.79. The van der Waals surface area contributed by atoms with Crippen LogP contribution in [0.4, 0.5) is 8.78 Å². The maximum atomic E-state index is 13.9. The van der Waals surface area contributed by atoms with Crippen molar-refractivity contribution in [3.63, 3.8) is 0 Å². The van der Waals surface area contributed by atoms with Gasteiger partial charge in [0.25, 0.3) is 5.91 Å². The molecule has 1 aliphatic carbocycles. The highest BCUT2D eigenvalue weighted by Gasteiger charge is 2.48. The molecule has 1 heterocycles. The summed E-state index contributed by atoms with van der Waals surface area (Å²) in [6.07, 6.45) is 3.93. The maximum absolute atomic E-state index is 13.9. The number of hydrogen-bond donors (Lipinski definition) is 1. The molecular weight excluding hydrogens is 292 g/mol. The van der Waals surface area contributed by atoms with Crippen LogP contribution in [0.3, 0.4) is 0 Å². The Morgan fingerprint density at radius 2 is 1.91 bits per heavy atom. The fourth-order valence-corrected chi connectivity index (χ4v) is 3.78. The molecule has 1 N–H and O–H groups in total. The normalized spacial score (nSPS) is 27.5. The molecule has 6 heteroatoms. The van der Waals surface area contributed by atoms with Crippen molar-refractivity contribution in [3.05, 3.63) is 35.4 Å². The number of carbonyl (C=O) groups is 2. The van der Waals surface area contributed by atoms with Crippen LogP contribution >= 0.6 is 0 Å². The zero-order valence-corrected chi connectivity index (χ0v) is 12.0. The van der Waals surface area contributed by atoms with Gasteiger partial charge in [-0.3, -0.25) is 4.79 Å². The summed E-state index contributed by atoms with van der Waals surface area (Å²) < 4.78 is 27.2. The largest absolute Gasteiger partial charge is 0.480 e. The van der Waals surface area contributed by atoms with Gasteiger partial charge in [0, 0.05) is 6.04 Å². The smallest absolute Gasteiger partial charge is 0.326 e. The standard InChI is InChI=1S/C16H17F2NO3/c17-11-6-3-5-10(14(11)18)15(20)19-12-7-2-1-4-9(12)8-13(19)16(21)22/h3,5-6,9,12-13H,1-2,4,7-8H2,(H,21,22)/t9-,12-,13+/m1/s1. The van der Waals surface area contributed by atoms with E-state index in [1.807, 2.05) is 0 Å². The molecular formula is C16H17F2NO3. The molecule has 118 valence electrons. The summed E-state index contributed by atoms with van der Waals surface area (Å²) in [4.78, 5) is 25.4. The lowest BCUT2D eigenvalue weighted by Crippen LogP contribution is -2.46. The minimum absolute atomic E-state index is 0.135. The van der Waals surface area contributed by atoms with Crippen LogP contribution in [-0.4, -0.2) is 34.0 Å². The average Bonchev–Trinajstić information content (AvgIpc) is 2.89. The Kier molecular flexibility index (Phi) is 3.85. The number of likely N-dealkylation sites (tertiary alicyclic amines) is 1. The molecule has 0 unspecified atom stereocenters. The van der Waals surface area contributed by atoms with E-state index in [4.69, 9.17) is 0 Å². The summed E-state index contributed by atoms with van der Waals surface area (Å²) in [6.45, 7) is 0. The van der Waals surface area contributed by atoms with Gasteiger partial charge in [0.2, 0.25) is 0 Å². The lowest BCUT2D eigenvalue weighted by atomic mass is 9.84. The van der Waals surface area contributed by atoms with Gasteiger partial charge in [0.1, 0.15) is 6.04 Å². The van der Waals surface area contributed by atoms with Gasteiger partial charge >= 0.3 is 5.97 Å². The second-order valence-electron chi connectivity index (χ2n) is 6.02. The first-order chi connectivity index (χ1) is 10.5. The van der Waals surface area contributed by atoms with E-state index < -0.39 is 35.1 Å². The van der Waals surface area contributed by atoms with Gasteiger partial charge in [-0.25, -0.2) is 13.6 Å². The Bertz CT molecular complexity index is 619. The highest BCUT2D eigenvalue weighted by Crippen LogP contribution is 2.40. The van der Waals surface area contributed by atoms with Crippen molar-refractivity contribution in [2.45, 2.75) is 44.2 Å². The van der Waals surface area contributed by atoms with Crippen LogP contribution in [0.25, 0.3) is 0 Å². The monoisotopic (exact) mass is 309 g/mol. The van der Waals surface area contributed by atoms with Crippen molar-refractivity contribution in [3.8, 4) is 0 Å². The lowest BCUT2D eigenvalue weighted by Gasteiger charge is -2.33. The predicted octanol–water partition coefficient (Wildman–Crippen LogP) is 2.82. The fourth-order valence-electron chi connectivity index (χ4n) is 3.78. The van der Waals surface area contributed by atoms with Gasteiger partial charge in [0.05, 0.1) is 5.56 Å². The molecule has 1 aromatic rings. The molecule has 0 bridgehead atoms. The fraction of sp³-hybridized carbons (Fsp3) is 0.500. The first-order valence-electron chi connectivity index (χ1n) is 7.50. The van der Waals surface area contributed by atoms with Crippen LogP contribution in [-0.2, 0) is 4.79 Å². The number of aliphatic carboxylic acids is 1. The van der Waals surface area contributed by atoms with E-state index in [1.165, 1.54) is 17.0 Å². The molecule has 1 aromatic carbocycles. The molecule has 2 aliphatic rings. The van der Waals surface area contributed by atoms with E-state index in [1.54, 1.807) is 0 Å². The van der Waals surface area contributed by atoms with Gasteiger partial charge in [-0.05, 0) is 37.3 Å². The van der Waals surface area contributed by atoms with Crippen LogP contribution in [0.5, 0.6) is 0 Å². The van der Waals surface area contributed by atoms with E-state index in [0.717, 1.165) is 31.7 Å². The number of amides is 1. The lowest BCUT2D eigenvalue weighted by molar-refractivity contribution is -0.141. The first-order valence-corrected chi connectivity index (χ1v) is 7.50. The summed E-state index contributed by atoms with van der Waals surface area (Å²) in [5.41, 5.74) is -0.391. The third-order valence-corrected chi connectivity index (χ3v) is 4.79. The van der Waals surface area contributed by atoms with Crippen molar-refractivity contribution in [1.29, 1.82) is 0 Å². The minimum atomic E-state index is -1.21. The minimum Gasteiger partial charge on any atom is -0.480 e. The second kappa shape index (κ2) is 5.66. The molecule has 3 rings (SSSR count). The summed E-state index contributed by atoms with van der Waals surface area (Å²) in [5.74, 6) is -3.98. The van der Waals surface area contributed by atoms with Crippen LogP contribution in [0.2, 0.25) is 0 Å². The quantitative estimate of drug-likeness (QED) is 0.914. The molecule has 4 nitrogen and oxygen atoms in total. The van der Waals surface area contributed by atoms with Crippen LogP contribution < -0.4 is 0 Å². The number of carboxylic acid groups (broad SMARTS) is 1. The van der Waals surface area contributed by atoms with Crippen molar-refractivity contribution >= 4 is 11.9 Å². The number of halogens is 2. The number of fused-ring (bicyclic) bond motifs is 1. The molecule has 3 atom stereocenters. The van der Waals surface area contributed by atoms with E-state index in [0.29, 0.717) is 6.42 Å². The summed E-state index contributed by atoms with van der Waals surface area (Å²) in [5, 5.41) is 9.39. The van der Waals surface area contributed by atoms with Crippen molar-refractivity contribution in [2.24, 2.45) is 5.92 Å². The molecule has 1 saturated carbocycles. The average molecular weight is 309 g/mol. The van der Waals surface area contributed by atoms with Gasteiger partial charge < -0.3 is 10.0 Å². The maximum Gasteiger partial charge on any atom is 0.326 e. The van der Waals surface area contributed by atoms with Crippen LogP contribution in [0.15, 0.2) is 18.2 Å². The van der Waals surface area contributed by atoms with Crippen molar-refractivity contribution < 1.29 is 23.5 Å². The molecule has 22 heavy (non-hydrogen) atoms. The highest BCUT2D eigenvalue weighted by atomic mass is 19.2. The van der Waals surface area contributed by atoms with Gasteiger partial charge in [0.15, 0.2) is 11.6 Å². The number of benzene rings is 1. The predicted molar refractivity (Wildman–Crippen MR) is 74.3 cm³/mol. The van der Waals surface area contributed by atoms with E-state index in [-0.39, 0.29) is 12.0 Å². The van der Waals surface area contributed by atoms with E-state index in [2.05, 4.69) is 0 Å². The number of nitrogens with zero attached hydrogens (tertiary/aromatic N) is 1. The molecule has 1 saturated heterocycles. The first kappa shape index (κ1) is 14.9. The summed E-state index contributed by atoms with van der Waals surface area (Å²) in [6, 6.07) is 2.26. The van der Waals surface area contributed by atoms with Crippen molar-refractivity contribution in [2.75, 3.05) is 0 Å². The zero-order chi connectivity index (χ0) is 15.9. The Morgan fingerprint density at radius 1 is 1.18 bits per heavy atom. The van der Waals surface area contributed by atoms with E-state index in [9.17, 15) is 23.5 Å². The van der Waals surface area contributed by atoms with Crippen LogP contribution in [0, 0.1) is 17.6 Å². The molecule has 0 radical (unpaired) electrons. The Balaban J connectivity index is 1.97. The Labute approximate surface area is 126 Å². The molecule has 0 spiro atoms. The number of hydrogen-bond acceptors (Lipinski definition) is 2.